The third kappa shape index (κ3) is 4.73. The second-order valence-corrected chi connectivity index (χ2v) is 7.40. The molecule has 1 aromatic rings. The molecule has 2 amide bonds. The van der Waals surface area contributed by atoms with Gasteiger partial charge in [-0.3, -0.25) is 9.59 Å². The van der Waals surface area contributed by atoms with Crippen molar-refractivity contribution in [2.45, 2.75) is 38.5 Å². The Morgan fingerprint density at radius 3 is 2.37 bits per heavy atom. The van der Waals surface area contributed by atoms with Gasteiger partial charge in [-0.05, 0) is 37.5 Å². The molecule has 3 rings (SSSR count). The number of carbonyl (C=O) groups is 2. The first-order valence-corrected chi connectivity index (χ1v) is 9.90. The number of hydrogen-bond donors (Lipinski definition) is 0. The molecule has 0 atom stereocenters. The zero-order valence-electron chi connectivity index (χ0n) is 16.4. The van der Waals surface area contributed by atoms with Crippen molar-refractivity contribution >= 4 is 11.8 Å². The Morgan fingerprint density at radius 2 is 1.67 bits per heavy atom. The minimum atomic E-state index is 0.0664. The van der Waals surface area contributed by atoms with Gasteiger partial charge < -0.3 is 19.3 Å². The summed E-state index contributed by atoms with van der Waals surface area (Å²) in [7, 11) is 3.21. The minimum absolute atomic E-state index is 0.0664. The summed E-state index contributed by atoms with van der Waals surface area (Å²) in [6.07, 6.45) is 5.48. The monoisotopic (exact) mass is 374 g/mol. The topological polar surface area (TPSA) is 59.1 Å². The van der Waals surface area contributed by atoms with Crippen LogP contribution in [0.4, 0.5) is 0 Å². The lowest BCUT2D eigenvalue weighted by Gasteiger charge is -2.24. The van der Waals surface area contributed by atoms with E-state index in [1.807, 2.05) is 28.0 Å². The molecule has 0 aromatic heterocycles. The maximum Gasteiger partial charge on any atom is 0.227 e. The zero-order valence-corrected chi connectivity index (χ0v) is 16.4. The maximum atomic E-state index is 12.8. The van der Waals surface area contributed by atoms with Crippen molar-refractivity contribution in [2.24, 2.45) is 5.92 Å². The molecule has 1 aliphatic carbocycles. The molecule has 6 heteroatoms. The summed E-state index contributed by atoms with van der Waals surface area (Å²) in [5.41, 5.74) is 0.824. The Balaban J connectivity index is 1.60. The molecular weight excluding hydrogens is 344 g/mol. The van der Waals surface area contributed by atoms with E-state index in [1.165, 1.54) is 0 Å². The van der Waals surface area contributed by atoms with Crippen LogP contribution >= 0.6 is 0 Å². The SMILES string of the molecule is COc1ccc(OC)c(CC(=O)N2CCCN(C(=O)C3CCCC3)CC2)c1. The van der Waals surface area contributed by atoms with Gasteiger partial charge in [-0.2, -0.15) is 0 Å². The van der Waals surface area contributed by atoms with E-state index in [2.05, 4.69) is 0 Å². The van der Waals surface area contributed by atoms with Crippen LogP contribution in [0.15, 0.2) is 18.2 Å². The summed E-state index contributed by atoms with van der Waals surface area (Å²) in [5, 5.41) is 0. The number of carbonyl (C=O) groups excluding carboxylic acids is 2. The smallest absolute Gasteiger partial charge is 0.227 e. The first-order valence-electron chi connectivity index (χ1n) is 9.90. The molecular formula is C21H30N2O4. The maximum absolute atomic E-state index is 12.8. The number of amides is 2. The molecule has 1 heterocycles. The molecule has 0 bridgehead atoms. The Kier molecular flexibility index (Phi) is 6.58. The fourth-order valence-electron chi connectivity index (χ4n) is 4.11. The molecule has 2 fully saturated rings. The molecule has 2 aliphatic rings. The average Bonchev–Trinajstić information content (AvgIpc) is 3.11. The van der Waals surface area contributed by atoms with Gasteiger partial charge >= 0.3 is 0 Å². The number of rotatable bonds is 5. The lowest BCUT2D eigenvalue weighted by Crippen LogP contribution is -2.39. The molecule has 0 N–H and O–H groups in total. The summed E-state index contributed by atoms with van der Waals surface area (Å²) in [5.74, 6) is 1.96. The number of benzene rings is 1. The standard InChI is InChI=1S/C21H30N2O4/c1-26-18-8-9-19(27-2)17(14-18)15-20(24)22-10-5-11-23(13-12-22)21(25)16-6-3-4-7-16/h8-9,14,16H,3-7,10-13,15H2,1-2H3. The molecule has 0 unspecified atom stereocenters. The van der Waals surface area contributed by atoms with Crippen molar-refractivity contribution in [1.82, 2.24) is 9.80 Å². The summed E-state index contributed by atoms with van der Waals surface area (Å²) in [4.78, 5) is 29.4. The van der Waals surface area contributed by atoms with E-state index in [1.54, 1.807) is 14.2 Å². The molecule has 0 spiro atoms. The van der Waals surface area contributed by atoms with Crippen LogP contribution in [0.3, 0.4) is 0 Å². The van der Waals surface area contributed by atoms with Crippen molar-refractivity contribution in [1.29, 1.82) is 0 Å². The predicted molar refractivity (Wildman–Crippen MR) is 103 cm³/mol. The van der Waals surface area contributed by atoms with Crippen LogP contribution in [-0.4, -0.2) is 62.0 Å². The highest BCUT2D eigenvalue weighted by molar-refractivity contribution is 5.81. The van der Waals surface area contributed by atoms with Crippen molar-refractivity contribution in [3.05, 3.63) is 23.8 Å². The number of ether oxygens (including phenoxy) is 2. The Bertz CT molecular complexity index is 670. The number of hydrogen-bond acceptors (Lipinski definition) is 4. The van der Waals surface area contributed by atoms with Gasteiger partial charge in [0.2, 0.25) is 11.8 Å². The van der Waals surface area contributed by atoms with Crippen LogP contribution in [0.25, 0.3) is 0 Å². The average molecular weight is 374 g/mol. The van der Waals surface area contributed by atoms with Crippen molar-refractivity contribution in [2.75, 3.05) is 40.4 Å². The van der Waals surface area contributed by atoms with Crippen LogP contribution in [0, 0.1) is 5.92 Å². The first kappa shape index (κ1) is 19.5. The third-order valence-corrected chi connectivity index (χ3v) is 5.69. The summed E-state index contributed by atoms with van der Waals surface area (Å²) in [6, 6.07) is 5.50. The molecule has 148 valence electrons. The minimum Gasteiger partial charge on any atom is -0.497 e. The lowest BCUT2D eigenvalue weighted by atomic mass is 10.1. The van der Waals surface area contributed by atoms with Crippen molar-refractivity contribution < 1.29 is 19.1 Å². The second kappa shape index (κ2) is 9.11. The second-order valence-electron chi connectivity index (χ2n) is 7.40. The molecule has 1 aromatic carbocycles. The van der Waals surface area contributed by atoms with Gasteiger partial charge in [0.25, 0.3) is 0 Å². The van der Waals surface area contributed by atoms with Gasteiger partial charge in [0.15, 0.2) is 0 Å². The normalized spacial score (nSPS) is 18.3. The van der Waals surface area contributed by atoms with E-state index in [9.17, 15) is 9.59 Å². The third-order valence-electron chi connectivity index (χ3n) is 5.69. The number of methoxy groups -OCH3 is 2. The van der Waals surface area contributed by atoms with Crippen LogP contribution < -0.4 is 9.47 Å². The van der Waals surface area contributed by atoms with Crippen molar-refractivity contribution in [3.63, 3.8) is 0 Å². The van der Waals surface area contributed by atoms with E-state index < -0.39 is 0 Å². The van der Waals surface area contributed by atoms with E-state index in [-0.39, 0.29) is 24.2 Å². The molecule has 1 aliphatic heterocycles. The van der Waals surface area contributed by atoms with Gasteiger partial charge in [0.1, 0.15) is 11.5 Å². The van der Waals surface area contributed by atoms with Crippen LogP contribution in [0.2, 0.25) is 0 Å². The van der Waals surface area contributed by atoms with E-state index >= 15 is 0 Å². The van der Waals surface area contributed by atoms with Crippen LogP contribution in [-0.2, 0) is 16.0 Å². The Labute approximate surface area is 161 Å². The molecule has 1 saturated carbocycles. The quantitative estimate of drug-likeness (QED) is 0.795. The molecule has 27 heavy (non-hydrogen) atoms. The van der Waals surface area contributed by atoms with Crippen molar-refractivity contribution in [3.8, 4) is 11.5 Å². The fraction of sp³-hybridized carbons (Fsp3) is 0.619. The highest BCUT2D eigenvalue weighted by atomic mass is 16.5. The van der Waals surface area contributed by atoms with Gasteiger partial charge in [-0.15, -0.1) is 0 Å². The van der Waals surface area contributed by atoms with Crippen LogP contribution in [0.1, 0.15) is 37.7 Å². The predicted octanol–water partition coefficient (Wildman–Crippen LogP) is 2.50. The van der Waals surface area contributed by atoms with E-state index in [0.717, 1.165) is 44.2 Å². The molecule has 1 saturated heterocycles. The zero-order chi connectivity index (χ0) is 19.2. The largest absolute Gasteiger partial charge is 0.497 e. The van der Waals surface area contributed by atoms with Gasteiger partial charge in [-0.25, -0.2) is 0 Å². The highest BCUT2D eigenvalue weighted by Crippen LogP contribution is 2.27. The lowest BCUT2D eigenvalue weighted by molar-refractivity contribution is -0.136. The van der Waals surface area contributed by atoms with E-state index in [4.69, 9.17) is 9.47 Å². The van der Waals surface area contributed by atoms with Gasteiger partial charge in [0, 0.05) is 37.7 Å². The van der Waals surface area contributed by atoms with Gasteiger partial charge in [-0.1, -0.05) is 12.8 Å². The van der Waals surface area contributed by atoms with E-state index in [0.29, 0.717) is 31.1 Å². The number of nitrogens with zero attached hydrogens (tertiary/aromatic N) is 2. The highest BCUT2D eigenvalue weighted by Gasteiger charge is 2.29. The molecule has 6 nitrogen and oxygen atoms in total. The summed E-state index contributed by atoms with van der Waals surface area (Å²) < 4.78 is 10.6. The first-order chi connectivity index (χ1) is 13.1. The van der Waals surface area contributed by atoms with Gasteiger partial charge in [0.05, 0.1) is 20.6 Å². The molecule has 0 radical (unpaired) electrons. The summed E-state index contributed by atoms with van der Waals surface area (Å²) in [6.45, 7) is 2.68. The summed E-state index contributed by atoms with van der Waals surface area (Å²) >= 11 is 0. The Hall–Kier alpha value is -2.24. The Morgan fingerprint density at radius 1 is 0.963 bits per heavy atom. The fourth-order valence-corrected chi connectivity index (χ4v) is 4.11. The van der Waals surface area contributed by atoms with Crippen LogP contribution in [0.5, 0.6) is 11.5 Å².